The van der Waals surface area contributed by atoms with Crippen molar-refractivity contribution in [2.45, 2.75) is 31.4 Å². The van der Waals surface area contributed by atoms with Crippen LogP contribution >= 0.6 is 0 Å². The van der Waals surface area contributed by atoms with Gasteiger partial charge in [0.05, 0.1) is 6.04 Å². The highest BCUT2D eigenvalue weighted by atomic mass is 16.6. The van der Waals surface area contributed by atoms with Crippen molar-refractivity contribution in [2.75, 3.05) is 13.2 Å². The standard InChI is InChI=1S/C25H26N2O3/c1-19(20-9-11-21(12-10-20)22-6-5-15-26-18-22)27-16-13-25(14-17-28,30-24(27)29)23-7-3-2-4-8-23/h2-12,15,18-19,28H,13-14,16-17H2,1H3/t19-,25?/m0/s1. The number of aromatic nitrogens is 1. The highest BCUT2D eigenvalue weighted by Gasteiger charge is 2.43. The number of aliphatic hydroxyl groups is 1. The van der Waals surface area contributed by atoms with Gasteiger partial charge in [-0.1, -0.05) is 60.7 Å². The van der Waals surface area contributed by atoms with E-state index >= 15 is 0 Å². The van der Waals surface area contributed by atoms with Gasteiger partial charge in [-0.15, -0.1) is 0 Å². The SMILES string of the molecule is C[C@@H](c1ccc(-c2cccnc2)cc1)N1CCC(CCO)(c2ccccc2)OC1=O. The highest BCUT2D eigenvalue weighted by Crippen LogP contribution is 2.39. The van der Waals surface area contributed by atoms with Crippen molar-refractivity contribution >= 4 is 6.09 Å². The number of hydrogen-bond donors (Lipinski definition) is 1. The number of carbonyl (C=O) groups excluding carboxylic acids is 1. The molecule has 154 valence electrons. The second-order valence-electron chi connectivity index (χ2n) is 7.68. The fraction of sp³-hybridized carbons (Fsp3) is 0.280. The number of nitrogens with zero attached hydrogens (tertiary/aromatic N) is 2. The number of amides is 1. The highest BCUT2D eigenvalue weighted by molar-refractivity contribution is 5.70. The van der Waals surface area contributed by atoms with Gasteiger partial charge in [0.15, 0.2) is 0 Å². The van der Waals surface area contributed by atoms with Gasteiger partial charge in [-0.25, -0.2) is 4.79 Å². The first-order valence-electron chi connectivity index (χ1n) is 10.3. The quantitative estimate of drug-likeness (QED) is 0.635. The predicted molar refractivity (Wildman–Crippen MR) is 116 cm³/mol. The van der Waals surface area contributed by atoms with Crippen molar-refractivity contribution in [3.63, 3.8) is 0 Å². The Labute approximate surface area is 177 Å². The van der Waals surface area contributed by atoms with Gasteiger partial charge in [0.1, 0.15) is 5.60 Å². The Kier molecular flexibility index (Phi) is 5.81. The Balaban J connectivity index is 1.51. The van der Waals surface area contributed by atoms with E-state index in [9.17, 15) is 9.90 Å². The van der Waals surface area contributed by atoms with E-state index in [0.717, 1.165) is 22.3 Å². The maximum Gasteiger partial charge on any atom is 0.411 e. The minimum absolute atomic E-state index is 0.0342. The van der Waals surface area contributed by atoms with E-state index < -0.39 is 5.60 Å². The molecule has 4 rings (SSSR count). The number of cyclic esters (lactones) is 1. The van der Waals surface area contributed by atoms with Crippen molar-refractivity contribution in [2.24, 2.45) is 0 Å². The zero-order chi connectivity index (χ0) is 21.0. The van der Waals surface area contributed by atoms with E-state index in [0.29, 0.717) is 19.4 Å². The molecule has 2 atom stereocenters. The summed E-state index contributed by atoms with van der Waals surface area (Å²) in [5.41, 5.74) is 3.36. The summed E-state index contributed by atoms with van der Waals surface area (Å²) in [4.78, 5) is 18.9. The van der Waals surface area contributed by atoms with Gasteiger partial charge in [0, 0.05) is 38.4 Å². The van der Waals surface area contributed by atoms with E-state index in [1.54, 1.807) is 11.1 Å². The van der Waals surface area contributed by atoms with Crippen LogP contribution in [0.3, 0.4) is 0 Å². The van der Waals surface area contributed by atoms with Gasteiger partial charge in [-0.3, -0.25) is 4.98 Å². The second kappa shape index (κ2) is 8.67. The number of ether oxygens (including phenoxy) is 1. The third-order valence-electron chi connectivity index (χ3n) is 5.94. The Morgan fingerprint density at radius 2 is 1.83 bits per heavy atom. The number of benzene rings is 2. The Hall–Kier alpha value is -3.18. The summed E-state index contributed by atoms with van der Waals surface area (Å²) < 4.78 is 5.97. The Morgan fingerprint density at radius 1 is 1.07 bits per heavy atom. The Bertz CT molecular complexity index is 976. The van der Waals surface area contributed by atoms with E-state index in [-0.39, 0.29) is 18.7 Å². The first kappa shape index (κ1) is 20.1. The monoisotopic (exact) mass is 402 g/mol. The molecule has 1 saturated heterocycles. The largest absolute Gasteiger partial charge is 0.438 e. The molecule has 1 fully saturated rings. The second-order valence-corrected chi connectivity index (χ2v) is 7.68. The van der Waals surface area contributed by atoms with Crippen LogP contribution in [0.2, 0.25) is 0 Å². The number of hydrogen-bond acceptors (Lipinski definition) is 4. The van der Waals surface area contributed by atoms with Crippen molar-refractivity contribution in [3.8, 4) is 11.1 Å². The summed E-state index contributed by atoms with van der Waals surface area (Å²) in [6, 6.07) is 21.8. The summed E-state index contributed by atoms with van der Waals surface area (Å²) in [5.74, 6) is 0. The molecule has 3 aromatic rings. The summed E-state index contributed by atoms with van der Waals surface area (Å²) in [7, 11) is 0. The molecule has 5 nitrogen and oxygen atoms in total. The average Bonchev–Trinajstić information content (AvgIpc) is 2.80. The third kappa shape index (κ3) is 3.94. The molecule has 1 aliphatic rings. The smallest absolute Gasteiger partial charge is 0.411 e. The van der Waals surface area contributed by atoms with Crippen LogP contribution in [0, 0.1) is 0 Å². The predicted octanol–water partition coefficient (Wildman–Crippen LogP) is 4.93. The van der Waals surface area contributed by atoms with Crippen LogP contribution in [0.25, 0.3) is 11.1 Å². The van der Waals surface area contributed by atoms with E-state index in [1.807, 2.05) is 67.7 Å². The van der Waals surface area contributed by atoms with Gasteiger partial charge < -0.3 is 14.7 Å². The summed E-state index contributed by atoms with van der Waals surface area (Å²) in [6.07, 6.45) is 4.29. The lowest BCUT2D eigenvalue weighted by molar-refractivity contribution is -0.0718. The molecule has 0 spiro atoms. The van der Waals surface area contributed by atoms with Crippen LogP contribution in [0.4, 0.5) is 4.79 Å². The van der Waals surface area contributed by atoms with Crippen LogP contribution in [0.5, 0.6) is 0 Å². The molecule has 1 aromatic heterocycles. The average molecular weight is 402 g/mol. The van der Waals surface area contributed by atoms with Crippen LogP contribution < -0.4 is 0 Å². The Morgan fingerprint density at radius 3 is 2.47 bits per heavy atom. The topological polar surface area (TPSA) is 62.7 Å². The molecule has 1 N–H and O–H groups in total. The van der Waals surface area contributed by atoms with Gasteiger partial charge in [0.2, 0.25) is 0 Å². The molecule has 0 aliphatic carbocycles. The molecule has 0 saturated carbocycles. The van der Waals surface area contributed by atoms with Crippen LogP contribution in [-0.2, 0) is 10.3 Å². The minimum Gasteiger partial charge on any atom is -0.438 e. The number of aliphatic hydroxyl groups excluding tert-OH is 1. The fourth-order valence-electron chi connectivity index (χ4n) is 4.13. The molecule has 5 heteroatoms. The zero-order valence-electron chi connectivity index (χ0n) is 17.1. The van der Waals surface area contributed by atoms with Gasteiger partial charge in [-0.05, 0) is 35.2 Å². The zero-order valence-corrected chi connectivity index (χ0v) is 17.1. The summed E-state index contributed by atoms with van der Waals surface area (Å²) >= 11 is 0. The van der Waals surface area contributed by atoms with E-state index in [4.69, 9.17) is 4.74 Å². The van der Waals surface area contributed by atoms with Gasteiger partial charge in [0.25, 0.3) is 0 Å². The fourth-order valence-corrected chi connectivity index (χ4v) is 4.13. The summed E-state index contributed by atoms with van der Waals surface area (Å²) in [6.45, 7) is 2.55. The first-order valence-corrected chi connectivity index (χ1v) is 10.3. The molecule has 2 heterocycles. The van der Waals surface area contributed by atoms with E-state index in [2.05, 4.69) is 17.1 Å². The van der Waals surface area contributed by atoms with Crippen LogP contribution in [-0.4, -0.2) is 34.2 Å². The molecule has 2 aromatic carbocycles. The molecule has 1 amide bonds. The summed E-state index contributed by atoms with van der Waals surface area (Å²) in [5, 5.41) is 9.59. The minimum atomic E-state index is -0.770. The maximum atomic E-state index is 13.0. The van der Waals surface area contributed by atoms with Crippen LogP contribution in [0.1, 0.15) is 36.9 Å². The number of rotatable bonds is 6. The van der Waals surface area contributed by atoms with Gasteiger partial charge in [-0.2, -0.15) is 0 Å². The molecular weight excluding hydrogens is 376 g/mol. The van der Waals surface area contributed by atoms with Gasteiger partial charge >= 0.3 is 6.09 Å². The lowest BCUT2D eigenvalue weighted by atomic mass is 9.85. The van der Waals surface area contributed by atoms with Crippen molar-refractivity contribution < 1.29 is 14.6 Å². The number of pyridine rings is 1. The van der Waals surface area contributed by atoms with Crippen molar-refractivity contribution in [1.82, 2.24) is 9.88 Å². The molecule has 1 aliphatic heterocycles. The van der Waals surface area contributed by atoms with E-state index in [1.165, 1.54) is 0 Å². The normalized spacial score (nSPS) is 19.9. The first-order chi connectivity index (χ1) is 14.6. The number of carbonyl (C=O) groups is 1. The molecule has 0 bridgehead atoms. The molecule has 30 heavy (non-hydrogen) atoms. The van der Waals surface area contributed by atoms with Crippen molar-refractivity contribution in [3.05, 3.63) is 90.3 Å². The lowest BCUT2D eigenvalue weighted by Gasteiger charge is -2.43. The van der Waals surface area contributed by atoms with Crippen molar-refractivity contribution in [1.29, 1.82) is 0 Å². The maximum absolute atomic E-state index is 13.0. The molecule has 1 unspecified atom stereocenters. The molecular formula is C25H26N2O3. The molecule has 0 radical (unpaired) electrons. The third-order valence-corrected chi connectivity index (χ3v) is 5.94. The van der Waals surface area contributed by atoms with Crippen LogP contribution in [0.15, 0.2) is 79.1 Å². The lowest BCUT2D eigenvalue weighted by Crippen LogP contribution is -2.49.